The topological polar surface area (TPSA) is 123 Å². The lowest BCUT2D eigenvalue weighted by atomic mass is 9.93. The van der Waals surface area contributed by atoms with E-state index >= 15 is 0 Å². The first-order valence-corrected chi connectivity index (χ1v) is 9.27. The Morgan fingerprint density at radius 2 is 1.76 bits per heavy atom. The van der Waals surface area contributed by atoms with Crippen LogP contribution in [0.5, 0.6) is 11.5 Å². The Balaban J connectivity index is 2.25. The number of aromatic nitrogens is 2. The summed E-state index contributed by atoms with van der Waals surface area (Å²) in [4.78, 5) is 27.4. The van der Waals surface area contributed by atoms with Crippen molar-refractivity contribution in [2.75, 3.05) is 20.8 Å². The third kappa shape index (κ3) is 3.45. The number of nitrogens with zero attached hydrogens (tertiary/aromatic N) is 1. The van der Waals surface area contributed by atoms with Gasteiger partial charge in [-0.2, -0.15) is 0 Å². The van der Waals surface area contributed by atoms with Crippen LogP contribution < -0.4 is 20.7 Å². The lowest BCUT2D eigenvalue weighted by molar-refractivity contribution is -0.0458. The molecule has 2 heterocycles. The molecule has 1 aliphatic rings. The van der Waals surface area contributed by atoms with Crippen LogP contribution in [0.2, 0.25) is 0 Å². The second kappa shape index (κ2) is 8.02. The van der Waals surface area contributed by atoms with Crippen LogP contribution in [-0.2, 0) is 4.74 Å². The van der Waals surface area contributed by atoms with Crippen LogP contribution in [-0.4, -0.2) is 52.8 Å². The average molecular weight is 406 g/mol. The summed E-state index contributed by atoms with van der Waals surface area (Å²) in [6.45, 7) is 5.22. The van der Waals surface area contributed by atoms with Gasteiger partial charge in [0.25, 0.3) is 5.56 Å². The summed E-state index contributed by atoms with van der Waals surface area (Å²) < 4.78 is 17.9. The van der Waals surface area contributed by atoms with Crippen molar-refractivity contribution in [1.29, 1.82) is 0 Å². The molecule has 3 rings (SSSR count). The molecule has 1 aromatic heterocycles. The van der Waals surface area contributed by atoms with E-state index in [0.29, 0.717) is 22.6 Å². The number of benzene rings is 1. The number of hydrogen-bond acceptors (Lipinski definition) is 7. The van der Waals surface area contributed by atoms with Crippen LogP contribution in [0.25, 0.3) is 11.1 Å². The van der Waals surface area contributed by atoms with Crippen molar-refractivity contribution in [3.8, 4) is 22.6 Å². The van der Waals surface area contributed by atoms with Crippen molar-refractivity contribution in [2.24, 2.45) is 0 Å². The minimum absolute atomic E-state index is 0.114. The molecule has 3 unspecified atom stereocenters. The first-order valence-electron chi connectivity index (χ1n) is 9.27. The zero-order valence-corrected chi connectivity index (χ0v) is 17.1. The largest absolute Gasteiger partial charge is 0.496 e. The predicted molar refractivity (Wildman–Crippen MR) is 106 cm³/mol. The maximum absolute atomic E-state index is 12.7. The molecule has 1 aliphatic heterocycles. The highest BCUT2D eigenvalue weighted by Crippen LogP contribution is 2.42. The second-order valence-electron chi connectivity index (χ2n) is 7.14. The highest BCUT2D eigenvalue weighted by molar-refractivity contribution is 5.78. The third-order valence-corrected chi connectivity index (χ3v) is 5.53. The highest BCUT2D eigenvalue weighted by atomic mass is 16.5. The molecule has 0 radical (unpaired) electrons. The Morgan fingerprint density at radius 1 is 1.14 bits per heavy atom. The summed E-state index contributed by atoms with van der Waals surface area (Å²) in [5, 5.41) is 19.3. The van der Waals surface area contributed by atoms with E-state index in [1.807, 2.05) is 20.8 Å². The van der Waals surface area contributed by atoms with Gasteiger partial charge in [0.05, 0.1) is 32.5 Å². The molecule has 9 nitrogen and oxygen atoms in total. The van der Waals surface area contributed by atoms with Crippen molar-refractivity contribution >= 4 is 0 Å². The van der Waals surface area contributed by atoms with Gasteiger partial charge >= 0.3 is 5.69 Å². The van der Waals surface area contributed by atoms with Crippen molar-refractivity contribution in [1.82, 2.24) is 9.55 Å². The third-order valence-electron chi connectivity index (χ3n) is 5.53. The van der Waals surface area contributed by atoms with Gasteiger partial charge in [-0.05, 0) is 31.9 Å². The Hall–Kier alpha value is -2.62. The van der Waals surface area contributed by atoms with Gasteiger partial charge in [0.1, 0.15) is 23.8 Å². The summed E-state index contributed by atoms with van der Waals surface area (Å²) in [6, 6.07) is 0. The minimum atomic E-state index is -0.912. The first-order chi connectivity index (χ1) is 13.7. The summed E-state index contributed by atoms with van der Waals surface area (Å²) in [5.41, 5.74) is 1.89. The van der Waals surface area contributed by atoms with E-state index in [4.69, 9.17) is 14.2 Å². The van der Waals surface area contributed by atoms with Crippen LogP contribution in [0.3, 0.4) is 0 Å². The van der Waals surface area contributed by atoms with E-state index < -0.39 is 29.7 Å². The Kier molecular flexibility index (Phi) is 5.83. The van der Waals surface area contributed by atoms with Crippen LogP contribution >= 0.6 is 0 Å². The fourth-order valence-corrected chi connectivity index (χ4v) is 3.91. The average Bonchev–Trinajstić information content (AvgIpc) is 3.06. The quantitative estimate of drug-likeness (QED) is 0.671. The van der Waals surface area contributed by atoms with E-state index in [9.17, 15) is 19.8 Å². The zero-order chi connectivity index (χ0) is 21.5. The van der Waals surface area contributed by atoms with E-state index in [0.717, 1.165) is 11.1 Å². The van der Waals surface area contributed by atoms with E-state index in [1.54, 1.807) is 7.11 Å². The van der Waals surface area contributed by atoms with Crippen LogP contribution in [0.1, 0.15) is 29.3 Å². The van der Waals surface area contributed by atoms with Crippen molar-refractivity contribution in [3.63, 3.8) is 0 Å². The number of aliphatic hydroxyl groups excluding tert-OH is 2. The monoisotopic (exact) mass is 406 g/mol. The normalized spacial score (nSPS) is 21.4. The number of H-pyrrole nitrogens is 1. The SMILES string of the molecule is COc1c(C)c(C)c(OC)c(-c2cn(C3CC(O)C(CO)O3)c(=O)[nH]c2=O)c1C. The molecule has 1 fully saturated rings. The molecule has 3 N–H and O–H groups in total. The van der Waals surface area contributed by atoms with Crippen molar-refractivity contribution in [2.45, 2.75) is 45.6 Å². The molecule has 3 atom stereocenters. The zero-order valence-electron chi connectivity index (χ0n) is 17.1. The number of nitrogens with one attached hydrogen (secondary N) is 1. The van der Waals surface area contributed by atoms with Crippen LogP contribution in [0, 0.1) is 20.8 Å². The van der Waals surface area contributed by atoms with Gasteiger partial charge in [-0.3, -0.25) is 14.3 Å². The highest BCUT2D eigenvalue weighted by Gasteiger charge is 2.35. The second-order valence-corrected chi connectivity index (χ2v) is 7.14. The van der Waals surface area contributed by atoms with Crippen molar-refractivity contribution < 1.29 is 24.4 Å². The molecule has 0 amide bonds. The first kappa shape index (κ1) is 21.1. The lowest BCUT2D eigenvalue weighted by Crippen LogP contribution is -2.33. The molecule has 0 spiro atoms. The number of aliphatic hydroxyl groups is 2. The van der Waals surface area contributed by atoms with Gasteiger partial charge in [-0.1, -0.05) is 0 Å². The van der Waals surface area contributed by atoms with Gasteiger partial charge in [-0.25, -0.2) is 4.79 Å². The molecular formula is C20H26N2O7. The molecule has 1 saturated heterocycles. The van der Waals surface area contributed by atoms with Gasteiger partial charge < -0.3 is 24.4 Å². The Labute approximate surface area is 167 Å². The van der Waals surface area contributed by atoms with Gasteiger partial charge in [0.2, 0.25) is 0 Å². The standard InChI is InChI=1S/C20H26N2O7/c1-9-10(2)18(28-5)16(11(3)17(9)27-4)12-7-22(20(26)21-19(12)25)15-6-13(24)14(8-23)29-15/h7,13-15,23-24H,6,8H2,1-5H3,(H,21,25,26). The smallest absolute Gasteiger partial charge is 0.330 e. The summed E-state index contributed by atoms with van der Waals surface area (Å²) in [6.07, 6.45) is -1.00. The summed E-state index contributed by atoms with van der Waals surface area (Å²) in [5.74, 6) is 1.14. The van der Waals surface area contributed by atoms with E-state index in [2.05, 4.69) is 4.98 Å². The fraction of sp³-hybridized carbons (Fsp3) is 0.500. The minimum Gasteiger partial charge on any atom is -0.496 e. The number of aromatic amines is 1. The molecule has 158 valence electrons. The Morgan fingerprint density at radius 3 is 2.31 bits per heavy atom. The molecule has 1 aromatic carbocycles. The lowest BCUT2D eigenvalue weighted by Gasteiger charge is -2.21. The number of hydrogen-bond donors (Lipinski definition) is 3. The molecule has 29 heavy (non-hydrogen) atoms. The maximum atomic E-state index is 12.7. The molecule has 0 bridgehead atoms. The number of rotatable bonds is 5. The predicted octanol–water partition coefficient (Wildman–Crippen LogP) is 0.787. The Bertz CT molecular complexity index is 1040. The van der Waals surface area contributed by atoms with Gasteiger partial charge in [0.15, 0.2) is 0 Å². The van der Waals surface area contributed by atoms with E-state index in [1.165, 1.54) is 17.9 Å². The van der Waals surface area contributed by atoms with Gasteiger partial charge in [0, 0.05) is 23.7 Å². The number of ether oxygens (including phenoxy) is 3. The fourth-order valence-electron chi connectivity index (χ4n) is 3.91. The maximum Gasteiger partial charge on any atom is 0.330 e. The molecular weight excluding hydrogens is 380 g/mol. The number of methoxy groups -OCH3 is 2. The van der Waals surface area contributed by atoms with Gasteiger partial charge in [-0.15, -0.1) is 0 Å². The molecule has 9 heteroatoms. The summed E-state index contributed by atoms with van der Waals surface area (Å²) in [7, 11) is 3.07. The molecule has 2 aromatic rings. The molecule has 0 saturated carbocycles. The molecule has 0 aliphatic carbocycles. The summed E-state index contributed by atoms with van der Waals surface area (Å²) >= 11 is 0. The van der Waals surface area contributed by atoms with E-state index in [-0.39, 0.29) is 18.6 Å². The van der Waals surface area contributed by atoms with Crippen LogP contribution in [0.4, 0.5) is 0 Å². The van der Waals surface area contributed by atoms with Crippen molar-refractivity contribution in [3.05, 3.63) is 43.7 Å². The van der Waals surface area contributed by atoms with Crippen LogP contribution in [0.15, 0.2) is 15.8 Å².